The molecule has 3 nitrogen and oxygen atoms in total. The Morgan fingerprint density at radius 1 is 0.667 bits per heavy atom. The van der Waals surface area contributed by atoms with Crippen LogP contribution in [0.5, 0.6) is 0 Å². The van der Waals surface area contributed by atoms with Gasteiger partial charge in [-0.2, -0.15) is 0 Å². The number of para-hydroxylation sites is 1. The van der Waals surface area contributed by atoms with Gasteiger partial charge in [-0.15, -0.1) is 0 Å². The number of anilines is 3. The van der Waals surface area contributed by atoms with E-state index in [2.05, 4.69) is 170 Å². The van der Waals surface area contributed by atoms with E-state index in [0.29, 0.717) is 5.92 Å². The van der Waals surface area contributed by atoms with Crippen LogP contribution in [0.15, 0.2) is 152 Å². The molecular weight excluding hydrogens is 583 g/mol. The van der Waals surface area contributed by atoms with Crippen molar-refractivity contribution in [1.29, 1.82) is 0 Å². The zero-order chi connectivity index (χ0) is 32.4. The average molecular weight is 620 g/mol. The number of pyridine rings is 1. The molecule has 0 amide bonds. The van der Waals surface area contributed by atoms with E-state index in [1.807, 2.05) is 12.3 Å². The fourth-order valence-electron chi connectivity index (χ4n) is 7.93. The third-order valence-corrected chi connectivity index (χ3v) is 10.3. The van der Waals surface area contributed by atoms with Crippen LogP contribution >= 0.6 is 0 Å². The lowest BCUT2D eigenvalue weighted by atomic mass is 9.82. The molecule has 3 heteroatoms. The quantitative estimate of drug-likeness (QED) is 0.191. The molecule has 2 aromatic heterocycles. The van der Waals surface area contributed by atoms with Crippen LogP contribution in [0.25, 0.3) is 49.8 Å². The summed E-state index contributed by atoms with van der Waals surface area (Å²) in [5, 5.41) is 2.55. The van der Waals surface area contributed by atoms with E-state index in [0.717, 1.165) is 23.6 Å². The molecule has 0 radical (unpaired) electrons. The molecule has 0 saturated heterocycles. The van der Waals surface area contributed by atoms with Gasteiger partial charge in [0.2, 0.25) is 0 Å². The van der Waals surface area contributed by atoms with E-state index in [4.69, 9.17) is 4.98 Å². The van der Waals surface area contributed by atoms with Crippen molar-refractivity contribution in [3.8, 4) is 22.3 Å². The molecule has 0 spiro atoms. The average Bonchev–Trinajstić information content (AvgIpc) is 3.57. The lowest BCUT2D eigenvalue weighted by molar-refractivity contribution is 0.660. The number of rotatable bonds is 5. The van der Waals surface area contributed by atoms with Crippen molar-refractivity contribution >= 4 is 44.7 Å². The smallest absolute Gasteiger partial charge is 0.137 e. The van der Waals surface area contributed by atoms with Crippen molar-refractivity contribution in [2.45, 2.75) is 32.6 Å². The third kappa shape index (κ3) is 4.46. The first kappa shape index (κ1) is 28.5. The fourth-order valence-corrected chi connectivity index (χ4v) is 7.93. The monoisotopic (exact) mass is 619 g/mol. The van der Waals surface area contributed by atoms with Gasteiger partial charge in [-0.25, -0.2) is 4.98 Å². The van der Waals surface area contributed by atoms with E-state index in [9.17, 15) is 0 Å². The van der Waals surface area contributed by atoms with Gasteiger partial charge in [0.1, 0.15) is 5.82 Å². The van der Waals surface area contributed by atoms with Crippen LogP contribution in [0.4, 0.5) is 17.2 Å². The van der Waals surface area contributed by atoms with E-state index in [1.165, 1.54) is 60.9 Å². The summed E-state index contributed by atoms with van der Waals surface area (Å²) in [5.74, 6) is 1.43. The van der Waals surface area contributed by atoms with Gasteiger partial charge in [-0.1, -0.05) is 106 Å². The molecule has 9 rings (SSSR count). The lowest BCUT2D eigenvalue weighted by Gasteiger charge is -2.27. The third-order valence-electron chi connectivity index (χ3n) is 10.3. The summed E-state index contributed by atoms with van der Waals surface area (Å²) in [7, 11) is 0. The van der Waals surface area contributed by atoms with Gasteiger partial charge in [0.05, 0.1) is 11.0 Å². The van der Waals surface area contributed by atoms with Crippen molar-refractivity contribution in [3.63, 3.8) is 0 Å². The Morgan fingerprint density at radius 3 is 2.23 bits per heavy atom. The number of benzene rings is 5. The fraction of sp³-hybridized carbons (Fsp3) is 0.133. The highest BCUT2D eigenvalue weighted by Crippen LogP contribution is 2.50. The Hall–Kier alpha value is -5.67. The first-order valence-electron chi connectivity index (χ1n) is 17.0. The van der Waals surface area contributed by atoms with Gasteiger partial charge in [-0.05, 0) is 106 Å². The molecule has 2 heterocycles. The summed E-state index contributed by atoms with van der Waals surface area (Å²) in [6.45, 7) is 6.95. The molecule has 1 unspecified atom stereocenters. The Labute approximate surface area is 282 Å². The summed E-state index contributed by atoms with van der Waals surface area (Å²) in [5.41, 5.74) is 13.6. The zero-order valence-corrected chi connectivity index (χ0v) is 27.6. The maximum Gasteiger partial charge on any atom is 0.137 e. The number of aromatic nitrogens is 2. The number of hydrogen-bond acceptors (Lipinski definition) is 2. The molecule has 48 heavy (non-hydrogen) atoms. The van der Waals surface area contributed by atoms with E-state index < -0.39 is 0 Å². The molecular formula is C45H37N3. The first-order chi connectivity index (χ1) is 23.5. The molecule has 7 aromatic rings. The largest absolute Gasteiger partial charge is 0.310 e. The van der Waals surface area contributed by atoms with E-state index >= 15 is 0 Å². The lowest BCUT2D eigenvalue weighted by Crippen LogP contribution is -2.16. The van der Waals surface area contributed by atoms with Crippen LogP contribution in [0, 0.1) is 5.92 Å². The first-order valence-corrected chi connectivity index (χ1v) is 17.0. The second-order valence-corrected chi connectivity index (χ2v) is 13.8. The Morgan fingerprint density at radius 2 is 1.40 bits per heavy atom. The highest BCUT2D eigenvalue weighted by atomic mass is 15.2. The summed E-state index contributed by atoms with van der Waals surface area (Å²) in [6.07, 6.45) is 9.93. The van der Waals surface area contributed by atoms with Crippen LogP contribution in [0.1, 0.15) is 38.3 Å². The second kappa shape index (κ2) is 11.0. The van der Waals surface area contributed by atoms with Gasteiger partial charge < -0.3 is 4.57 Å². The van der Waals surface area contributed by atoms with Crippen LogP contribution in [0.3, 0.4) is 0 Å². The Bertz CT molecular complexity index is 2410. The molecule has 0 aliphatic heterocycles. The predicted octanol–water partition coefficient (Wildman–Crippen LogP) is 12.1. The van der Waals surface area contributed by atoms with Gasteiger partial charge in [0.25, 0.3) is 0 Å². The SMILES string of the molecule is CC1C=C(n2c3ccccc3c3cc(-c4ccc(N(c5ccc6c(c5)C(C)(C)c5ccccc5-6)c5ccccn5)cc4)ccc32)C=CC1. The van der Waals surface area contributed by atoms with Gasteiger partial charge >= 0.3 is 0 Å². The molecule has 2 aliphatic rings. The molecule has 2 aliphatic carbocycles. The van der Waals surface area contributed by atoms with Crippen molar-refractivity contribution in [3.05, 3.63) is 163 Å². The Kier molecular flexibility index (Phi) is 6.52. The predicted molar refractivity (Wildman–Crippen MR) is 202 cm³/mol. The molecule has 232 valence electrons. The van der Waals surface area contributed by atoms with Crippen molar-refractivity contribution in [2.24, 2.45) is 5.92 Å². The van der Waals surface area contributed by atoms with Crippen molar-refractivity contribution < 1.29 is 0 Å². The number of allylic oxidation sites excluding steroid dienone is 4. The molecule has 0 saturated carbocycles. The van der Waals surface area contributed by atoms with E-state index in [-0.39, 0.29) is 5.41 Å². The van der Waals surface area contributed by atoms with Crippen molar-refractivity contribution in [2.75, 3.05) is 4.90 Å². The second-order valence-electron chi connectivity index (χ2n) is 13.8. The highest BCUT2D eigenvalue weighted by molar-refractivity contribution is 6.11. The maximum atomic E-state index is 4.80. The zero-order valence-electron chi connectivity index (χ0n) is 27.6. The Balaban J connectivity index is 1.12. The standard InChI is InChI=1S/C45H37N3/c1-30-11-10-12-34(27-30)48-42-16-7-5-14-38(42)39-28-32(20-25-43(39)48)31-18-21-33(22-19-31)47(44-17-8-9-26-46-44)35-23-24-37-36-13-4-6-15-40(36)45(2,3)41(37)29-35/h4-10,12-30H,11H2,1-3H3. The van der Waals surface area contributed by atoms with Crippen LogP contribution in [0.2, 0.25) is 0 Å². The molecule has 0 N–H and O–H groups in total. The van der Waals surface area contributed by atoms with Crippen LogP contribution in [-0.4, -0.2) is 9.55 Å². The minimum absolute atomic E-state index is 0.0780. The molecule has 1 atom stereocenters. The van der Waals surface area contributed by atoms with Crippen molar-refractivity contribution in [1.82, 2.24) is 9.55 Å². The maximum absolute atomic E-state index is 4.80. The minimum atomic E-state index is -0.0780. The van der Waals surface area contributed by atoms with Crippen LogP contribution in [-0.2, 0) is 5.41 Å². The van der Waals surface area contributed by atoms with Gasteiger partial charge in [0, 0.05) is 39.5 Å². The van der Waals surface area contributed by atoms with Gasteiger partial charge in [-0.3, -0.25) is 4.90 Å². The minimum Gasteiger partial charge on any atom is -0.310 e. The van der Waals surface area contributed by atoms with Crippen LogP contribution < -0.4 is 4.90 Å². The van der Waals surface area contributed by atoms with E-state index in [1.54, 1.807) is 0 Å². The molecule has 5 aromatic carbocycles. The number of hydrogen-bond donors (Lipinski definition) is 0. The summed E-state index contributed by atoms with van der Waals surface area (Å²) >= 11 is 0. The normalized spacial score (nSPS) is 16.1. The summed E-state index contributed by atoms with van der Waals surface area (Å²) < 4.78 is 2.42. The van der Waals surface area contributed by atoms with Gasteiger partial charge in [0.15, 0.2) is 0 Å². The number of nitrogens with zero attached hydrogens (tertiary/aromatic N) is 3. The summed E-state index contributed by atoms with van der Waals surface area (Å²) in [4.78, 5) is 7.07. The molecule has 0 bridgehead atoms. The summed E-state index contributed by atoms with van der Waals surface area (Å²) in [6, 6.07) is 46.4. The molecule has 0 fully saturated rings. The number of fused-ring (bicyclic) bond motifs is 6. The highest BCUT2D eigenvalue weighted by Gasteiger charge is 2.35. The topological polar surface area (TPSA) is 21.1 Å².